The average molecular weight is 329 g/mol. The molecule has 0 aromatic heterocycles. The molecule has 2 rings (SSSR count). The van der Waals surface area contributed by atoms with E-state index in [4.69, 9.17) is 0 Å². The molecule has 0 spiro atoms. The van der Waals surface area contributed by atoms with E-state index in [9.17, 15) is 5.11 Å². The van der Waals surface area contributed by atoms with Crippen LogP contribution in [0.1, 0.15) is 13.3 Å². The van der Waals surface area contributed by atoms with Gasteiger partial charge in [-0.25, -0.2) is 0 Å². The van der Waals surface area contributed by atoms with Crippen molar-refractivity contribution in [2.75, 3.05) is 0 Å². The highest BCUT2D eigenvalue weighted by molar-refractivity contribution is 8.22. The monoisotopic (exact) mass is 328 g/mol. The lowest BCUT2D eigenvalue weighted by atomic mass is 10.1. The van der Waals surface area contributed by atoms with Gasteiger partial charge in [-0.15, -0.1) is 0 Å². The molecule has 1 nitrogen and oxygen atoms in total. The van der Waals surface area contributed by atoms with E-state index >= 15 is 0 Å². The van der Waals surface area contributed by atoms with Crippen LogP contribution >= 0.6 is 23.5 Å². The van der Waals surface area contributed by atoms with Crippen molar-refractivity contribution in [1.82, 2.24) is 0 Å². The van der Waals surface area contributed by atoms with E-state index < -0.39 is 6.10 Å². The number of aliphatic hydroxyl groups excluding tert-OH is 1. The van der Waals surface area contributed by atoms with Gasteiger partial charge in [-0.05, 0) is 37.6 Å². The Morgan fingerprint density at radius 3 is 1.86 bits per heavy atom. The van der Waals surface area contributed by atoms with Crippen molar-refractivity contribution in [2.45, 2.75) is 29.2 Å². The van der Waals surface area contributed by atoms with Crippen LogP contribution in [0.4, 0.5) is 0 Å². The second-order valence-corrected chi connectivity index (χ2v) is 7.44. The summed E-state index contributed by atoms with van der Waals surface area (Å²) in [5.41, 5.74) is 0.796. The summed E-state index contributed by atoms with van der Waals surface area (Å²) in [6, 6.07) is 20.6. The number of hydrogen-bond acceptors (Lipinski definition) is 3. The topological polar surface area (TPSA) is 20.2 Å². The van der Waals surface area contributed by atoms with E-state index in [0.29, 0.717) is 6.42 Å². The van der Waals surface area contributed by atoms with Crippen LogP contribution in [-0.4, -0.2) is 11.2 Å². The fraction of sp³-hybridized carbons (Fsp3) is 0.158. The summed E-state index contributed by atoms with van der Waals surface area (Å²) in [6.07, 6.45) is 2.20. The molecular weight excluding hydrogens is 308 g/mol. The molecule has 0 fully saturated rings. The fourth-order valence-electron chi connectivity index (χ4n) is 1.72. The zero-order valence-electron chi connectivity index (χ0n) is 12.6. The molecule has 2 aromatic rings. The number of rotatable bonds is 7. The summed E-state index contributed by atoms with van der Waals surface area (Å²) in [5.74, 6) is 0. The molecule has 0 amide bonds. The molecule has 1 atom stereocenters. The predicted molar refractivity (Wildman–Crippen MR) is 98.1 cm³/mol. The van der Waals surface area contributed by atoms with Gasteiger partial charge in [-0.2, -0.15) is 0 Å². The first-order valence-electron chi connectivity index (χ1n) is 7.14. The summed E-state index contributed by atoms with van der Waals surface area (Å²) in [7, 11) is 0. The summed E-state index contributed by atoms with van der Waals surface area (Å²) in [6.45, 7) is 5.66. The fourth-order valence-corrected chi connectivity index (χ4v) is 3.88. The van der Waals surface area contributed by atoms with Crippen molar-refractivity contribution in [1.29, 1.82) is 0 Å². The Morgan fingerprint density at radius 2 is 1.45 bits per heavy atom. The third-order valence-electron chi connectivity index (χ3n) is 3.00. The van der Waals surface area contributed by atoms with Crippen molar-refractivity contribution in [2.24, 2.45) is 0 Å². The smallest absolute Gasteiger partial charge is 0.0779 e. The van der Waals surface area contributed by atoms with E-state index in [2.05, 4.69) is 36.9 Å². The van der Waals surface area contributed by atoms with Crippen molar-refractivity contribution in [3.63, 3.8) is 0 Å². The maximum absolute atomic E-state index is 9.94. The highest BCUT2D eigenvalue weighted by atomic mass is 32.2. The van der Waals surface area contributed by atoms with Crippen LogP contribution in [0.5, 0.6) is 0 Å². The van der Waals surface area contributed by atoms with Crippen LogP contribution in [0.3, 0.4) is 0 Å². The SMILES string of the molecule is C=C(C)[C@H](O)CC=C(Sc1ccccc1)Sc1ccccc1. The predicted octanol–water partition coefficient (Wildman–Crippen LogP) is 5.74. The first kappa shape index (κ1) is 16.9. The van der Waals surface area contributed by atoms with Gasteiger partial charge < -0.3 is 5.11 Å². The van der Waals surface area contributed by atoms with Crippen LogP contribution in [-0.2, 0) is 0 Å². The molecule has 0 aliphatic heterocycles. The van der Waals surface area contributed by atoms with Crippen LogP contribution in [0.25, 0.3) is 0 Å². The molecule has 0 aliphatic rings. The molecule has 3 heteroatoms. The molecule has 2 aromatic carbocycles. The molecule has 0 heterocycles. The maximum Gasteiger partial charge on any atom is 0.0779 e. The Hall–Kier alpha value is -1.42. The third-order valence-corrected chi connectivity index (χ3v) is 5.25. The first-order chi connectivity index (χ1) is 10.6. The number of benzene rings is 2. The zero-order chi connectivity index (χ0) is 15.8. The minimum atomic E-state index is -0.484. The van der Waals surface area contributed by atoms with Gasteiger partial charge in [-0.1, -0.05) is 78.2 Å². The largest absolute Gasteiger partial charge is 0.388 e. The summed E-state index contributed by atoms with van der Waals surface area (Å²) < 4.78 is 1.16. The molecule has 0 bridgehead atoms. The molecule has 22 heavy (non-hydrogen) atoms. The van der Waals surface area contributed by atoms with Gasteiger partial charge in [0.25, 0.3) is 0 Å². The highest BCUT2D eigenvalue weighted by Crippen LogP contribution is 2.39. The van der Waals surface area contributed by atoms with E-state index in [-0.39, 0.29) is 0 Å². The normalized spacial score (nSPS) is 11.7. The summed E-state index contributed by atoms with van der Waals surface area (Å²) in [5, 5.41) is 9.94. The Morgan fingerprint density at radius 1 is 1.00 bits per heavy atom. The van der Waals surface area contributed by atoms with Gasteiger partial charge in [0.05, 0.1) is 6.10 Å². The molecule has 0 unspecified atom stereocenters. The lowest BCUT2D eigenvalue weighted by molar-refractivity contribution is 0.215. The van der Waals surface area contributed by atoms with Gasteiger partial charge in [0.1, 0.15) is 0 Å². The quantitative estimate of drug-likeness (QED) is 0.517. The van der Waals surface area contributed by atoms with Crippen molar-refractivity contribution in [3.05, 3.63) is 83.1 Å². The number of hydrogen-bond donors (Lipinski definition) is 1. The second kappa shape index (κ2) is 8.89. The van der Waals surface area contributed by atoms with E-state index in [1.807, 2.05) is 43.3 Å². The molecule has 1 N–H and O–H groups in total. The highest BCUT2D eigenvalue weighted by Gasteiger charge is 2.07. The van der Waals surface area contributed by atoms with E-state index in [1.54, 1.807) is 23.5 Å². The van der Waals surface area contributed by atoms with Crippen LogP contribution in [0.15, 0.2) is 92.9 Å². The Bertz CT molecular complexity index is 577. The average Bonchev–Trinajstić information content (AvgIpc) is 2.54. The van der Waals surface area contributed by atoms with Gasteiger partial charge in [0.2, 0.25) is 0 Å². The second-order valence-electron chi connectivity index (χ2n) is 4.95. The number of aliphatic hydroxyl groups is 1. The summed E-state index contributed by atoms with van der Waals surface area (Å²) in [4.78, 5) is 2.39. The van der Waals surface area contributed by atoms with Crippen LogP contribution < -0.4 is 0 Å². The molecular formula is C19H20OS2. The lowest BCUT2D eigenvalue weighted by Crippen LogP contribution is -2.05. The Labute approximate surface area is 141 Å². The Kier molecular flexibility index (Phi) is 6.84. The van der Waals surface area contributed by atoms with Gasteiger partial charge >= 0.3 is 0 Å². The molecule has 114 valence electrons. The van der Waals surface area contributed by atoms with Gasteiger partial charge in [0, 0.05) is 14.0 Å². The van der Waals surface area contributed by atoms with Crippen molar-refractivity contribution in [3.8, 4) is 0 Å². The third kappa shape index (κ3) is 5.76. The molecule has 0 aliphatic carbocycles. The minimum Gasteiger partial charge on any atom is -0.388 e. The maximum atomic E-state index is 9.94. The minimum absolute atomic E-state index is 0.484. The zero-order valence-corrected chi connectivity index (χ0v) is 14.2. The van der Waals surface area contributed by atoms with Crippen LogP contribution in [0.2, 0.25) is 0 Å². The Balaban J connectivity index is 2.13. The lowest BCUT2D eigenvalue weighted by Gasteiger charge is -2.10. The van der Waals surface area contributed by atoms with Gasteiger partial charge in [0.15, 0.2) is 0 Å². The van der Waals surface area contributed by atoms with E-state index in [0.717, 1.165) is 9.81 Å². The summed E-state index contributed by atoms with van der Waals surface area (Å²) >= 11 is 3.44. The molecule has 0 saturated carbocycles. The number of thioether (sulfide) groups is 2. The van der Waals surface area contributed by atoms with Crippen LogP contribution in [0, 0.1) is 0 Å². The van der Waals surface area contributed by atoms with Crippen molar-refractivity contribution < 1.29 is 5.11 Å². The van der Waals surface area contributed by atoms with Gasteiger partial charge in [-0.3, -0.25) is 0 Å². The van der Waals surface area contributed by atoms with Crippen molar-refractivity contribution >= 4 is 23.5 Å². The van der Waals surface area contributed by atoms with E-state index in [1.165, 1.54) is 9.79 Å². The standard InChI is InChI=1S/C19H20OS2/c1-15(2)18(20)13-14-19(21-16-9-5-3-6-10-16)22-17-11-7-4-8-12-17/h3-12,14,18,20H,1,13H2,2H3/t18-/m1/s1. The molecule has 0 saturated heterocycles. The molecule has 0 radical (unpaired) electrons. The first-order valence-corrected chi connectivity index (χ1v) is 8.78.